The van der Waals surface area contributed by atoms with Crippen molar-refractivity contribution in [2.24, 2.45) is 5.92 Å². The van der Waals surface area contributed by atoms with Crippen molar-refractivity contribution in [2.75, 3.05) is 32.8 Å². The second-order valence-corrected chi connectivity index (χ2v) is 5.57. The van der Waals surface area contributed by atoms with Crippen LogP contribution in [0.25, 0.3) is 0 Å². The van der Waals surface area contributed by atoms with Gasteiger partial charge in [-0.15, -0.1) is 0 Å². The van der Waals surface area contributed by atoms with E-state index in [1.54, 1.807) is 18.3 Å². The van der Waals surface area contributed by atoms with Gasteiger partial charge in [-0.1, -0.05) is 19.9 Å². The van der Waals surface area contributed by atoms with Crippen molar-refractivity contribution in [2.45, 2.75) is 20.0 Å². The Hall–Kier alpha value is -1.46. The summed E-state index contributed by atoms with van der Waals surface area (Å²) < 4.78 is 5.70. The number of hydrogen-bond acceptors (Lipinski definition) is 4. The molecule has 0 spiro atoms. The van der Waals surface area contributed by atoms with Crippen molar-refractivity contribution >= 4 is 5.91 Å². The van der Waals surface area contributed by atoms with Crippen LogP contribution < -0.4 is 5.32 Å². The van der Waals surface area contributed by atoms with E-state index in [1.165, 1.54) is 0 Å². The molecule has 2 heterocycles. The Morgan fingerprint density at radius 1 is 1.55 bits per heavy atom. The highest BCUT2D eigenvalue weighted by molar-refractivity contribution is 5.92. The molecule has 1 aromatic heterocycles. The summed E-state index contributed by atoms with van der Waals surface area (Å²) in [7, 11) is 0. The van der Waals surface area contributed by atoms with Crippen molar-refractivity contribution in [3.63, 3.8) is 0 Å². The van der Waals surface area contributed by atoms with Gasteiger partial charge in [0.2, 0.25) is 0 Å². The lowest BCUT2D eigenvalue weighted by Gasteiger charge is -2.33. The number of pyridine rings is 1. The van der Waals surface area contributed by atoms with Crippen LogP contribution in [0, 0.1) is 5.92 Å². The van der Waals surface area contributed by atoms with Crippen molar-refractivity contribution in [1.82, 2.24) is 15.2 Å². The fourth-order valence-electron chi connectivity index (χ4n) is 2.38. The van der Waals surface area contributed by atoms with Crippen LogP contribution in [0.2, 0.25) is 0 Å². The Morgan fingerprint density at radius 2 is 2.40 bits per heavy atom. The Bertz CT molecular complexity index is 422. The molecule has 5 heteroatoms. The van der Waals surface area contributed by atoms with E-state index in [-0.39, 0.29) is 12.0 Å². The number of hydrogen-bond donors (Lipinski definition) is 1. The SMILES string of the molecule is CC(C)CN1CCOC(CNC(=O)c2ccccn2)C1. The Kier molecular flexibility index (Phi) is 5.49. The summed E-state index contributed by atoms with van der Waals surface area (Å²) in [5.74, 6) is 0.507. The van der Waals surface area contributed by atoms with Crippen molar-refractivity contribution in [3.8, 4) is 0 Å². The maximum absolute atomic E-state index is 11.9. The van der Waals surface area contributed by atoms with E-state index in [9.17, 15) is 4.79 Å². The second kappa shape index (κ2) is 7.36. The van der Waals surface area contributed by atoms with Gasteiger partial charge in [-0.25, -0.2) is 0 Å². The van der Waals surface area contributed by atoms with E-state index < -0.39 is 0 Å². The molecule has 0 bridgehead atoms. The van der Waals surface area contributed by atoms with E-state index in [4.69, 9.17) is 4.74 Å². The summed E-state index contributed by atoms with van der Waals surface area (Å²) in [5, 5.41) is 2.89. The third-order valence-electron chi connectivity index (χ3n) is 3.23. The first-order chi connectivity index (χ1) is 9.65. The zero-order valence-electron chi connectivity index (χ0n) is 12.2. The summed E-state index contributed by atoms with van der Waals surface area (Å²) in [6, 6.07) is 5.32. The molecule has 1 unspecified atom stereocenters. The molecule has 1 fully saturated rings. The average Bonchev–Trinajstić information content (AvgIpc) is 2.45. The van der Waals surface area contributed by atoms with Gasteiger partial charge < -0.3 is 10.1 Å². The zero-order valence-corrected chi connectivity index (χ0v) is 12.2. The van der Waals surface area contributed by atoms with E-state index >= 15 is 0 Å². The van der Waals surface area contributed by atoms with Crippen LogP contribution in [-0.2, 0) is 4.74 Å². The van der Waals surface area contributed by atoms with Crippen LogP contribution in [0.15, 0.2) is 24.4 Å². The van der Waals surface area contributed by atoms with Gasteiger partial charge in [0.1, 0.15) is 5.69 Å². The molecule has 5 nitrogen and oxygen atoms in total. The molecule has 1 amide bonds. The van der Waals surface area contributed by atoms with E-state index in [0.717, 1.165) is 26.2 Å². The molecule has 1 saturated heterocycles. The summed E-state index contributed by atoms with van der Waals surface area (Å²) in [4.78, 5) is 18.3. The molecule has 0 saturated carbocycles. The average molecular weight is 277 g/mol. The fraction of sp³-hybridized carbons (Fsp3) is 0.600. The lowest BCUT2D eigenvalue weighted by molar-refractivity contribution is -0.0295. The molecule has 1 N–H and O–H groups in total. The summed E-state index contributed by atoms with van der Waals surface area (Å²) in [6.45, 7) is 8.62. The lowest BCUT2D eigenvalue weighted by Crippen LogP contribution is -2.48. The maximum Gasteiger partial charge on any atom is 0.269 e. The first-order valence-corrected chi connectivity index (χ1v) is 7.18. The van der Waals surface area contributed by atoms with Gasteiger partial charge in [-0.05, 0) is 18.1 Å². The fourth-order valence-corrected chi connectivity index (χ4v) is 2.38. The first kappa shape index (κ1) is 14.9. The minimum absolute atomic E-state index is 0.0650. The minimum Gasteiger partial charge on any atom is -0.374 e. The third-order valence-corrected chi connectivity index (χ3v) is 3.23. The van der Waals surface area contributed by atoms with E-state index in [2.05, 4.69) is 29.0 Å². The molecule has 110 valence electrons. The van der Waals surface area contributed by atoms with Crippen LogP contribution in [0.5, 0.6) is 0 Å². The number of nitrogens with zero attached hydrogens (tertiary/aromatic N) is 2. The molecular formula is C15H23N3O2. The molecule has 1 aromatic rings. The third kappa shape index (κ3) is 4.58. The van der Waals surface area contributed by atoms with Gasteiger partial charge in [0.25, 0.3) is 5.91 Å². The van der Waals surface area contributed by atoms with Gasteiger partial charge in [-0.3, -0.25) is 14.7 Å². The van der Waals surface area contributed by atoms with E-state index in [0.29, 0.717) is 18.2 Å². The monoisotopic (exact) mass is 277 g/mol. The standard InChI is InChI=1S/C15H23N3O2/c1-12(2)10-18-7-8-20-13(11-18)9-17-15(19)14-5-3-4-6-16-14/h3-6,12-13H,7-11H2,1-2H3,(H,17,19). The number of carbonyl (C=O) groups excluding carboxylic acids is 1. The number of aromatic nitrogens is 1. The Labute approximate surface area is 120 Å². The van der Waals surface area contributed by atoms with Crippen molar-refractivity contribution < 1.29 is 9.53 Å². The smallest absolute Gasteiger partial charge is 0.269 e. The van der Waals surface area contributed by atoms with Gasteiger partial charge in [0.15, 0.2) is 0 Å². The number of ether oxygens (including phenoxy) is 1. The molecule has 1 atom stereocenters. The van der Waals surface area contributed by atoms with Crippen LogP contribution >= 0.6 is 0 Å². The molecule has 0 aromatic carbocycles. The molecule has 0 aliphatic carbocycles. The summed E-state index contributed by atoms with van der Waals surface area (Å²) in [6.07, 6.45) is 1.69. The van der Waals surface area contributed by atoms with Gasteiger partial charge in [0.05, 0.1) is 12.7 Å². The second-order valence-electron chi connectivity index (χ2n) is 5.57. The Balaban J connectivity index is 1.77. The zero-order chi connectivity index (χ0) is 14.4. The molecule has 1 aliphatic heterocycles. The molecule has 2 rings (SSSR count). The van der Waals surface area contributed by atoms with Crippen LogP contribution in [0.4, 0.5) is 0 Å². The normalized spacial score (nSPS) is 20.1. The number of carbonyl (C=O) groups is 1. The minimum atomic E-state index is -0.143. The highest BCUT2D eigenvalue weighted by Crippen LogP contribution is 2.07. The molecule has 20 heavy (non-hydrogen) atoms. The van der Waals surface area contributed by atoms with Crippen molar-refractivity contribution in [1.29, 1.82) is 0 Å². The Morgan fingerprint density at radius 3 is 3.10 bits per heavy atom. The number of rotatable bonds is 5. The van der Waals surface area contributed by atoms with Crippen LogP contribution in [-0.4, -0.2) is 54.7 Å². The van der Waals surface area contributed by atoms with Crippen LogP contribution in [0.3, 0.4) is 0 Å². The molecule has 1 aliphatic rings. The topological polar surface area (TPSA) is 54.5 Å². The number of amides is 1. The lowest BCUT2D eigenvalue weighted by atomic mass is 10.2. The molecule has 0 radical (unpaired) electrons. The van der Waals surface area contributed by atoms with Crippen molar-refractivity contribution in [3.05, 3.63) is 30.1 Å². The summed E-state index contributed by atoms with van der Waals surface area (Å²) in [5.41, 5.74) is 0.447. The van der Waals surface area contributed by atoms with E-state index in [1.807, 2.05) is 6.07 Å². The van der Waals surface area contributed by atoms with Gasteiger partial charge >= 0.3 is 0 Å². The largest absolute Gasteiger partial charge is 0.374 e. The van der Waals surface area contributed by atoms with Gasteiger partial charge in [-0.2, -0.15) is 0 Å². The predicted octanol–water partition coefficient (Wildman–Crippen LogP) is 1.17. The number of nitrogens with one attached hydrogen (secondary N) is 1. The highest BCUT2D eigenvalue weighted by Gasteiger charge is 2.21. The first-order valence-electron chi connectivity index (χ1n) is 7.18. The highest BCUT2D eigenvalue weighted by atomic mass is 16.5. The van der Waals surface area contributed by atoms with Gasteiger partial charge in [0, 0.05) is 32.4 Å². The summed E-state index contributed by atoms with van der Waals surface area (Å²) >= 11 is 0. The maximum atomic E-state index is 11.9. The quantitative estimate of drug-likeness (QED) is 0.878. The van der Waals surface area contributed by atoms with Crippen LogP contribution in [0.1, 0.15) is 24.3 Å². The predicted molar refractivity (Wildman–Crippen MR) is 77.6 cm³/mol. The molecular weight excluding hydrogens is 254 g/mol. The number of morpholine rings is 1.